The topological polar surface area (TPSA) is 539 Å². The summed E-state index contributed by atoms with van der Waals surface area (Å²) in [5.41, 5.74) is 0. The Hall–Kier alpha value is -2.26. The molecular formula is C40H69N3O31. The molecular weight excluding hydrogens is 1020 g/mol. The highest BCUT2D eigenvalue weighted by Crippen LogP contribution is 2.36. The molecule has 6 rings (SSSR count). The third kappa shape index (κ3) is 13.1. The van der Waals surface area contributed by atoms with Crippen LogP contribution in [0.3, 0.4) is 0 Å². The van der Waals surface area contributed by atoms with Gasteiger partial charge in [-0.2, -0.15) is 0 Å². The van der Waals surface area contributed by atoms with E-state index in [0.717, 1.165) is 13.8 Å². The largest absolute Gasteiger partial charge is 0.394 e. The molecule has 30 atom stereocenters. The van der Waals surface area contributed by atoms with E-state index in [1.54, 1.807) is 0 Å². The predicted molar refractivity (Wildman–Crippen MR) is 225 cm³/mol. The van der Waals surface area contributed by atoms with Crippen LogP contribution in [0.15, 0.2) is 0 Å². The van der Waals surface area contributed by atoms with Crippen molar-refractivity contribution in [1.29, 1.82) is 0 Å². The quantitative estimate of drug-likeness (QED) is 0.0534. The number of rotatable bonds is 19. The molecule has 34 heteroatoms. The molecule has 6 heterocycles. The summed E-state index contributed by atoms with van der Waals surface area (Å²) in [4.78, 5) is 29.1. The molecule has 74 heavy (non-hydrogen) atoms. The SMILES string of the molecule is CC(=O)N[C@@H]1[C@@H](O)[C@H](O[C@@H]2O[C@H](CO)[C@@H](O[C@@H]3O[C@H](CO[C@H]4O[C@H](CO)[C@@H](O[C@H]5O[C@H](CO)[C@@H](O)[C@H](O)[C@@H]5O)[C@H](O)[C@@H]4O)[C@@H](O)[C@H](O[C@H]4O[C@H](CO)[C@@H](O)[C@H](ON)[C@@H]4O)[C@@H]3O)[C@H](O)[C@H]2NC(C)=O)[C@@H](CO)O[C@H]1O. The summed E-state index contributed by atoms with van der Waals surface area (Å²) in [5.74, 6) is 3.75. The fraction of sp³-hybridized carbons (Fsp3) is 0.950. The first-order chi connectivity index (χ1) is 35.0. The number of hydrogen-bond acceptors (Lipinski definition) is 32. The van der Waals surface area contributed by atoms with Crippen LogP contribution in [-0.2, 0) is 66.5 Å². The van der Waals surface area contributed by atoms with Crippen LogP contribution in [0.4, 0.5) is 0 Å². The van der Waals surface area contributed by atoms with Gasteiger partial charge in [0, 0.05) is 13.8 Å². The lowest BCUT2D eigenvalue weighted by atomic mass is 9.94. The number of aliphatic hydroxyl groups is 17. The molecule has 0 aromatic heterocycles. The van der Waals surface area contributed by atoms with E-state index < -0.39 is 236 Å². The highest BCUT2D eigenvalue weighted by atomic mass is 16.8. The van der Waals surface area contributed by atoms with Gasteiger partial charge in [0.2, 0.25) is 11.8 Å². The van der Waals surface area contributed by atoms with Gasteiger partial charge in [-0.05, 0) is 0 Å². The van der Waals surface area contributed by atoms with Crippen molar-refractivity contribution in [3.8, 4) is 0 Å². The standard InChI is InChI=1S/C40H69N3O31/c1-9(49)42-17-22(54)30(13(5-46)64-35(17)62)70-36-18(43-10(2)50)23(55)31(14(6-47)67-36)71-39-28(60)33(73-40-29(61)34(74-41)20(52)12(4-45)66-40)21(53)16(69-39)8-63-37-27(59)25(57)32(15(7-48)68-37)72-38-26(58)24(56)19(51)11(3-44)65-38/h11-40,44-48,51-62H,3-8,41H2,1-2H3,(H,42,49)(H,43,50)/t11-,12-,13-,14-,15-,16-,17-,18-,19-,20-,21-,22-,23-,24+,25-,26+,27+,28+,29+,30-,31-,32-,33+,34+,35-,36+,37+,38-,39+,40-/m1/s1. The summed E-state index contributed by atoms with van der Waals surface area (Å²) < 4.78 is 62.7. The number of carbonyl (C=O) groups excluding carboxylic acids is 2. The summed E-state index contributed by atoms with van der Waals surface area (Å²) in [5, 5.41) is 187. The molecule has 6 saturated heterocycles. The Labute approximate surface area is 419 Å². The molecule has 0 unspecified atom stereocenters. The van der Waals surface area contributed by atoms with Gasteiger partial charge >= 0.3 is 0 Å². The Morgan fingerprint density at radius 2 is 0.770 bits per heavy atom. The molecule has 0 saturated carbocycles. The Bertz CT molecular complexity index is 1770. The fourth-order valence-electron chi connectivity index (χ4n) is 9.37. The molecule has 34 nitrogen and oxygen atoms in total. The molecule has 2 amide bonds. The second-order valence-electron chi connectivity index (χ2n) is 18.4. The molecule has 0 spiro atoms. The zero-order chi connectivity index (χ0) is 54.6. The first-order valence-corrected chi connectivity index (χ1v) is 23.3. The van der Waals surface area contributed by atoms with Crippen LogP contribution in [0, 0.1) is 0 Å². The number of amides is 2. The van der Waals surface area contributed by atoms with Gasteiger partial charge in [-0.3, -0.25) is 14.4 Å². The molecule has 21 N–H and O–H groups in total. The van der Waals surface area contributed by atoms with Crippen molar-refractivity contribution in [3.05, 3.63) is 0 Å². The number of hydrogen-bond donors (Lipinski definition) is 20. The number of ether oxygens (including phenoxy) is 11. The Morgan fingerprint density at radius 1 is 0.392 bits per heavy atom. The molecule has 0 aromatic rings. The average molecular weight is 1090 g/mol. The molecule has 6 aliphatic heterocycles. The number of nitrogens with two attached hydrogens (primary N) is 1. The van der Waals surface area contributed by atoms with Gasteiger partial charge in [0.15, 0.2) is 37.7 Å². The van der Waals surface area contributed by atoms with Crippen molar-refractivity contribution >= 4 is 11.8 Å². The van der Waals surface area contributed by atoms with Gasteiger partial charge in [-0.15, -0.1) is 0 Å². The van der Waals surface area contributed by atoms with Gasteiger partial charge in [0.1, 0.15) is 146 Å². The number of aliphatic hydroxyl groups excluding tert-OH is 17. The lowest BCUT2D eigenvalue weighted by Gasteiger charge is -2.50. The van der Waals surface area contributed by atoms with E-state index in [-0.39, 0.29) is 0 Å². The van der Waals surface area contributed by atoms with Crippen LogP contribution < -0.4 is 16.5 Å². The number of nitrogens with one attached hydrogen (secondary N) is 2. The van der Waals surface area contributed by atoms with Crippen LogP contribution in [0.5, 0.6) is 0 Å². The van der Waals surface area contributed by atoms with Gasteiger partial charge in [-0.25, -0.2) is 5.90 Å². The maximum atomic E-state index is 12.6. The zero-order valence-electron chi connectivity index (χ0n) is 39.5. The minimum absolute atomic E-state index is 0.713. The lowest BCUT2D eigenvalue weighted by molar-refractivity contribution is -0.387. The highest BCUT2D eigenvalue weighted by Gasteiger charge is 2.57. The van der Waals surface area contributed by atoms with Gasteiger partial charge in [0.05, 0.1) is 39.6 Å². The minimum Gasteiger partial charge on any atom is -0.394 e. The third-order valence-electron chi connectivity index (χ3n) is 13.3. The van der Waals surface area contributed by atoms with E-state index in [4.69, 9.17) is 58.0 Å². The van der Waals surface area contributed by atoms with Crippen LogP contribution in [-0.4, -0.2) is 322 Å². The van der Waals surface area contributed by atoms with E-state index in [1.165, 1.54) is 0 Å². The molecule has 0 radical (unpaired) electrons. The van der Waals surface area contributed by atoms with Crippen molar-refractivity contribution < 1.29 is 153 Å². The molecule has 0 aliphatic carbocycles. The summed E-state index contributed by atoms with van der Waals surface area (Å²) in [6, 6.07) is -3.27. The fourth-order valence-corrected chi connectivity index (χ4v) is 9.37. The number of carbonyl (C=O) groups is 2. The molecule has 6 aliphatic rings. The maximum Gasteiger partial charge on any atom is 0.217 e. The van der Waals surface area contributed by atoms with E-state index in [9.17, 15) is 96.4 Å². The van der Waals surface area contributed by atoms with E-state index in [1.807, 2.05) is 0 Å². The highest BCUT2D eigenvalue weighted by molar-refractivity contribution is 5.73. The monoisotopic (exact) mass is 1090 g/mol. The Balaban J connectivity index is 1.24. The van der Waals surface area contributed by atoms with Crippen molar-refractivity contribution in [2.24, 2.45) is 5.90 Å². The normalized spacial score (nSPS) is 49.2. The van der Waals surface area contributed by atoms with E-state index in [0.29, 0.717) is 0 Å². The first kappa shape index (κ1) is 61.0. The smallest absolute Gasteiger partial charge is 0.217 e. The maximum absolute atomic E-state index is 12.6. The molecule has 430 valence electrons. The van der Waals surface area contributed by atoms with Crippen LogP contribution in [0.25, 0.3) is 0 Å². The van der Waals surface area contributed by atoms with Crippen molar-refractivity contribution in [2.45, 2.75) is 198 Å². The minimum atomic E-state index is -2.25. The van der Waals surface area contributed by atoms with E-state index in [2.05, 4.69) is 15.5 Å². The van der Waals surface area contributed by atoms with E-state index >= 15 is 0 Å². The summed E-state index contributed by atoms with van der Waals surface area (Å²) >= 11 is 0. The second kappa shape index (κ2) is 26.6. The van der Waals surface area contributed by atoms with Crippen molar-refractivity contribution in [1.82, 2.24) is 10.6 Å². The zero-order valence-corrected chi connectivity index (χ0v) is 39.5. The molecule has 6 fully saturated rings. The third-order valence-corrected chi connectivity index (χ3v) is 13.3. The second-order valence-corrected chi connectivity index (χ2v) is 18.4. The average Bonchev–Trinajstić information content (AvgIpc) is 3.36. The van der Waals surface area contributed by atoms with Gasteiger partial charge < -0.3 is 150 Å². The molecule has 0 bridgehead atoms. The summed E-state index contributed by atoms with van der Waals surface area (Å²) in [6.45, 7) is -3.53. The molecule has 0 aromatic carbocycles. The van der Waals surface area contributed by atoms with Crippen LogP contribution in [0.1, 0.15) is 13.8 Å². The first-order valence-electron chi connectivity index (χ1n) is 23.3. The van der Waals surface area contributed by atoms with Gasteiger partial charge in [0.25, 0.3) is 0 Å². The Morgan fingerprint density at radius 3 is 1.30 bits per heavy atom. The predicted octanol–water partition coefficient (Wildman–Crippen LogP) is -13.9. The van der Waals surface area contributed by atoms with Crippen molar-refractivity contribution in [3.63, 3.8) is 0 Å². The summed E-state index contributed by atoms with van der Waals surface area (Å²) in [7, 11) is 0. The van der Waals surface area contributed by atoms with Crippen LogP contribution >= 0.6 is 0 Å². The Kier molecular flexibility index (Phi) is 21.9. The van der Waals surface area contributed by atoms with Crippen LogP contribution in [0.2, 0.25) is 0 Å². The lowest BCUT2D eigenvalue weighted by Crippen LogP contribution is -2.70. The van der Waals surface area contributed by atoms with Crippen molar-refractivity contribution in [2.75, 3.05) is 39.6 Å². The summed E-state index contributed by atoms with van der Waals surface area (Å²) in [6.07, 6.45) is -52.4. The van der Waals surface area contributed by atoms with Gasteiger partial charge in [-0.1, -0.05) is 0 Å².